The van der Waals surface area contributed by atoms with Crippen molar-refractivity contribution in [2.24, 2.45) is 28.6 Å². The Morgan fingerprint density at radius 3 is 2.62 bits per heavy atom. The molecular formula is C19H28O2. The Hall–Kier alpha value is -0.630. The van der Waals surface area contributed by atoms with Gasteiger partial charge in [0.2, 0.25) is 0 Å². The highest BCUT2D eigenvalue weighted by Crippen LogP contribution is 2.63. The molecule has 2 heteroatoms. The van der Waals surface area contributed by atoms with E-state index in [9.17, 15) is 9.90 Å². The van der Waals surface area contributed by atoms with Gasteiger partial charge in [0.15, 0.2) is 0 Å². The van der Waals surface area contributed by atoms with Crippen LogP contribution in [0.15, 0.2) is 11.6 Å². The van der Waals surface area contributed by atoms with E-state index in [2.05, 4.69) is 19.9 Å². The SMILES string of the molecule is CC12CCC3C(CC=C4C[C@H](O)CCC43C)C1CCC2=O. The molecule has 0 radical (unpaired) electrons. The summed E-state index contributed by atoms with van der Waals surface area (Å²) in [5, 5.41) is 10.00. The predicted octanol–water partition coefficient (Wildman–Crippen LogP) is 3.88. The van der Waals surface area contributed by atoms with Gasteiger partial charge in [-0.1, -0.05) is 25.5 Å². The molecule has 6 atom stereocenters. The predicted molar refractivity (Wildman–Crippen MR) is 82.7 cm³/mol. The number of carbonyl (C=O) groups excluding carboxylic acids is 1. The summed E-state index contributed by atoms with van der Waals surface area (Å²) in [7, 11) is 0. The van der Waals surface area contributed by atoms with Crippen LogP contribution < -0.4 is 0 Å². The summed E-state index contributed by atoms with van der Waals surface area (Å²) in [5.41, 5.74) is 1.81. The van der Waals surface area contributed by atoms with E-state index in [0.29, 0.717) is 23.0 Å². The highest BCUT2D eigenvalue weighted by Gasteiger charge is 2.58. The fraction of sp³-hybridized carbons (Fsp3) is 0.842. The van der Waals surface area contributed by atoms with E-state index in [4.69, 9.17) is 0 Å². The molecule has 5 unspecified atom stereocenters. The monoisotopic (exact) mass is 288 g/mol. The first kappa shape index (κ1) is 14.0. The van der Waals surface area contributed by atoms with E-state index >= 15 is 0 Å². The van der Waals surface area contributed by atoms with Gasteiger partial charge in [-0.15, -0.1) is 0 Å². The van der Waals surface area contributed by atoms with E-state index in [-0.39, 0.29) is 11.5 Å². The summed E-state index contributed by atoms with van der Waals surface area (Å²) in [4.78, 5) is 12.4. The summed E-state index contributed by atoms with van der Waals surface area (Å²) >= 11 is 0. The molecule has 0 aromatic heterocycles. The lowest BCUT2D eigenvalue weighted by Crippen LogP contribution is -2.50. The Morgan fingerprint density at radius 1 is 1.10 bits per heavy atom. The molecule has 21 heavy (non-hydrogen) atoms. The van der Waals surface area contributed by atoms with Crippen LogP contribution in [0, 0.1) is 28.6 Å². The first-order valence-electron chi connectivity index (χ1n) is 8.86. The summed E-state index contributed by atoms with van der Waals surface area (Å²) in [6.07, 6.45) is 10.7. The van der Waals surface area contributed by atoms with Gasteiger partial charge in [0.05, 0.1) is 6.10 Å². The summed E-state index contributed by atoms with van der Waals surface area (Å²) in [5.74, 6) is 2.60. The highest BCUT2D eigenvalue weighted by atomic mass is 16.3. The van der Waals surface area contributed by atoms with E-state index in [1.54, 1.807) is 0 Å². The molecule has 116 valence electrons. The molecule has 1 N–H and O–H groups in total. The van der Waals surface area contributed by atoms with Crippen molar-refractivity contribution in [2.75, 3.05) is 0 Å². The van der Waals surface area contributed by atoms with Crippen molar-refractivity contribution >= 4 is 5.78 Å². The first-order chi connectivity index (χ1) is 9.95. The molecule has 4 rings (SSSR count). The number of rotatable bonds is 0. The number of ketones is 1. The molecule has 4 aliphatic rings. The van der Waals surface area contributed by atoms with Gasteiger partial charge in [-0.2, -0.15) is 0 Å². The lowest BCUT2D eigenvalue weighted by atomic mass is 9.48. The van der Waals surface area contributed by atoms with E-state index in [0.717, 1.165) is 50.9 Å². The van der Waals surface area contributed by atoms with Gasteiger partial charge in [0.25, 0.3) is 0 Å². The minimum absolute atomic E-state index is 0.0168. The molecule has 3 fully saturated rings. The van der Waals surface area contributed by atoms with Crippen molar-refractivity contribution in [1.82, 2.24) is 0 Å². The van der Waals surface area contributed by atoms with Crippen molar-refractivity contribution in [2.45, 2.75) is 71.3 Å². The second-order valence-corrected chi connectivity index (χ2v) is 8.57. The Morgan fingerprint density at radius 2 is 1.81 bits per heavy atom. The van der Waals surface area contributed by atoms with Gasteiger partial charge in [0, 0.05) is 11.8 Å². The number of hydrogen-bond donors (Lipinski definition) is 1. The lowest BCUT2D eigenvalue weighted by molar-refractivity contribution is -0.132. The maximum atomic E-state index is 12.4. The Balaban J connectivity index is 1.69. The largest absolute Gasteiger partial charge is 0.393 e. The molecule has 0 spiro atoms. The quantitative estimate of drug-likeness (QED) is 0.687. The van der Waals surface area contributed by atoms with Gasteiger partial charge in [-0.3, -0.25) is 4.79 Å². The Kier molecular flexibility index (Phi) is 2.96. The van der Waals surface area contributed by atoms with Crippen LogP contribution in [0.3, 0.4) is 0 Å². The van der Waals surface area contributed by atoms with Crippen molar-refractivity contribution in [3.05, 3.63) is 11.6 Å². The molecule has 0 bridgehead atoms. The molecule has 2 nitrogen and oxygen atoms in total. The van der Waals surface area contributed by atoms with Crippen LogP contribution in [-0.4, -0.2) is 17.0 Å². The number of Topliss-reactive ketones (excluding diaryl/α,β-unsaturated/α-hetero) is 1. The number of fused-ring (bicyclic) bond motifs is 5. The average molecular weight is 288 g/mol. The van der Waals surface area contributed by atoms with Crippen LogP contribution in [0.1, 0.15) is 65.2 Å². The van der Waals surface area contributed by atoms with Crippen LogP contribution in [0.25, 0.3) is 0 Å². The summed E-state index contributed by atoms with van der Waals surface area (Å²) < 4.78 is 0. The van der Waals surface area contributed by atoms with Gasteiger partial charge in [0.1, 0.15) is 5.78 Å². The number of allylic oxidation sites excluding steroid dienone is 1. The summed E-state index contributed by atoms with van der Waals surface area (Å²) in [6.45, 7) is 4.69. The normalized spacial score (nSPS) is 52.7. The van der Waals surface area contributed by atoms with E-state index < -0.39 is 0 Å². The van der Waals surface area contributed by atoms with Crippen LogP contribution in [0.4, 0.5) is 0 Å². The zero-order valence-corrected chi connectivity index (χ0v) is 13.4. The zero-order chi connectivity index (χ0) is 14.8. The Bertz CT molecular complexity index is 508. The smallest absolute Gasteiger partial charge is 0.139 e. The van der Waals surface area contributed by atoms with Crippen molar-refractivity contribution < 1.29 is 9.90 Å². The topological polar surface area (TPSA) is 37.3 Å². The maximum Gasteiger partial charge on any atom is 0.139 e. The average Bonchev–Trinajstić information content (AvgIpc) is 2.76. The van der Waals surface area contributed by atoms with Crippen LogP contribution in [0.5, 0.6) is 0 Å². The molecule has 0 aliphatic heterocycles. The third kappa shape index (κ3) is 1.78. The van der Waals surface area contributed by atoms with Crippen LogP contribution >= 0.6 is 0 Å². The van der Waals surface area contributed by atoms with E-state index in [1.165, 1.54) is 12.0 Å². The fourth-order valence-electron chi connectivity index (χ4n) is 6.41. The standard InChI is InChI=1S/C19H28O2/c1-18-9-7-13(20)11-12(18)3-4-14-15-5-6-17(21)19(15,2)10-8-16(14)18/h3,13-16,20H,4-11H2,1-2H3/t13-,14?,15?,16?,18?,19?/m1/s1. The molecule has 4 aliphatic carbocycles. The zero-order valence-electron chi connectivity index (χ0n) is 13.4. The number of aliphatic hydroxyl groups excluding tert-OH is 1. The Labute approximate surface area is 128 Å². The lowest BCUT2D eigenvalue weighted by Gasteiger charge is -2.56. The van der Waals surface area contributed by atoms with Crippen LogP contribution in [0.2, 0.25) is 0 Å². The second kappa shape index (κ2) is 4.44. The minimum Gasteiger partial charge on any atom is -0.393 e. The maximum absolute atomic E-state index is 12.4. The molecule has 0 aromatic carbocycles. The summed E-state index contributed by atoms with van der Waals surface area (Å²) in [6, 6.07) is 0. The molecule has 0 amide bonds. The highest BCUT2D eigenvalue weighted by molar-refractivity contribution is 5.87. The molecular weight excluding hydrogens is 260 g/mol. The van der Waals surface area contributed by atoms with E-state index in [1.807, 2.05) is 0 Å². The van der Waals surface area contributed by atoms with Crippen molar-refractivity contribution in [1.29, 1.82) is 0 Å². The minimum atomic E-state index is -0.122. The molecule has 0 saturated heterocycles. The van der Waals surface area contributed by atoms with Crippen molar-refractivity contribution in [3.8, 4) is 0 Å². The number of aliphatic hydroxyl groups is 1. The number of hydrogen-bond acceptors (Lipinski definition) is 2. The fourth-order valence-corrected chi connectivity index (χ4v) is 6.41. The van der Waals surface area contributed by atoms with Gasteiger partial charge in [-0.05, 0) is 68.1 Å². The molecule has 0 heterocycles. The molecule has 0 aromatic rings. The first-order valence-corrected chi connectivity index (χ1v) is 8.86. The second-order valence-electron chi connectivity index (χ2n) is 8.57. The third-order valence-corrected chi connectivity index (χ3v) is 7.79. The number of carbonyl (C=O) groups is 1. The van der Waals surface area contributed by atoms with Gasteiger partial charge >= 0.3 is 0 Å². The van der Waals surface area contributed by atoms with Crippen LogP contribution in [-0.2, 0) is 4.79 Å². The molecule has 3 saturated carbocycles. The van der Waals surface area contributed by atoms with Gasteiger partial charge < -0.3 is 5.11 Å². The van der Waals surface area contributed by atoms with Gasteiger partial charge in [-0.25, -0.2) is 0 Å². The van der Waals surface area contributed by atoms with Crippen molar-refractivity contribution in [3.63, 3.8) is 0 Å². The third-order valence-electron chi connectivity index (χ3n) is 7.79.